The van der Waals surface area contributed by atoms with Gasteiger partial charge in [0.05, 0.1) is 0 Å². The van der Waals surface area contributed by atoms with E-state index in [1.165, 1.54) is 0 Å². The molecule has 0 radical (unpaired) electrons. The van der Waals surface area contributed by atoms with Gasteiger partial charge in [0, 0.05) is 10.0 Å². The number of ether oxygens (including phenoxy) is 1. The van der Waals surface area contributed by atoms with Crippen molar-refractivity contribution < 1.29 is 9.53 Å². The third-order valence-corrected chi connectivity index (χ3v) is 1.54. The smallest absolute Gasteiger partial charge is 0.333 e. The fourth-order valence-corrected chi connectivity index (χ4v) is 1.22. The van der Waals surface area contributed by atoms with Gasteiger partial charge in [-0.1, -0.05) is 28.7 Å². The molecule has 3 heteroatoms. The molecule has 0 aliphatic rings. The van der Waals surface area contributed by atoms with Gasteiger partial charge in [-0.3, -0.25) is 0 Å². The molecule has 0 saturated heterocycles. The van der Waals surface area contributed by atoms with Crippen molar-refractivity contribution in [1.82, 2.24) is 0 Å². The highest BCUT2D eigenvalue weighted by atomic mass is 127. The van der Waals surface area contributed by atoms with E-state index in [-0.39, 0.29) is 5.97 Å². The van der Waals surface area contributed by atoms with Gasteiger partial charge >= 0.3 is 5.97 Å². The Morgan fingerprint density at radius 3 is 2.33 bits per heavy atom. The van der Waals surface area contributed by atoms with Crippen molar-refractivity contribution in [1.29, 1.82) is 0 Å². The normalized spacial score (nSPS) is 12.9. The van der Waals surface area contributed by atoms with Gasteiger partial charge in [-0.05, 0) is 27.7 Å². The molecule has 0 atom stereocenters. The van der Waals surface area contributed by atoms with Crippen LogP contribution in [0.15, 0.2) is 11.6 Å². The quantitative estimate of drug-likeness (QED) is 0.337. The van der Waals surface area contributed by atoms with E-state index in [9.17, 15) is 4.79 Å². The largest absolute Gasteiger partial charge is 0.457 e. The minimum absolute atomic E-state index is 0.223. The van der Waals surface area contributed by atoms with Gasteiger partial charge in [-0.15, -0.1) is 0 Å². The topological polar surface area (TPSA) is 26.3 Å². The van der Waals surface area contributed by atoms with Gasteiger partial charge in [0.25, 0.3) is 0 Å². The van der Waals surface area contributed by atoms with Gasteiger partial charge in [0.15, 0.2) is 0 Å². The zero-order chi connectivity index (χ0) is 9.78. The van der Waals surface area contributed by atoms with Crippen molar-refractivity contribution in [3.05, 3.63) is 11.6 Å². The maximum atomic E-state index is 11.3. The van der Waals surface area contributed by atoms with E-state index in [0.717, 1.165) is 4.43 Å². The van der Waals surface area contributed by atoms with E-state index in [1.54, 1.807) is 6.92 Å². The predicted octanol–water partition coefficient (Wildman–Crippen LogP) is 2.71. The number of esters is 1. The predicted molar refractivity (Wildman–Crippen MR) is 58.5 cm³/mol. The molecule has 70 valence electrons. The third kappa shape index (κ3) is 5.57. The third-order valence-electron chi connectivity index (χ3n) is 1.10. The summed E-state index contributed by atoms with van der Waals surface area (Å²) in [5.41, 5.74) is 0.289. The summed E-state index contributed by atoms with van der Waals surface area (Å²) in [5.74, 6) is -0.223. The summed E-state index contributed by atoms with van der Waals surface area (Å²) in [6.45, 7) is 7.36. The number of carbonyl (C=O) groups excluding carboxylic acids is 1. The van der Waals surface area contributed by atoms with E-state index in [1.807, 2.05) is 26.8 Å². The minimum atomic E-state index is -0.391. The van der Waals surface area contributed by atoms with Crippen LogP contribution in [-0.2, 0) is 9.53 Å². The van der Waals surface area contributed by atoms with E-state index < -0.39 is 5.60 Å². The van der Waals surface area contributed by atoms with Crippen LogP contribution < -0.4 is 0 Å². The molecule has 0 bridgehead atoms. The number of allylic oxidation sites excluding steroid dienone is 1. The first-order valence-electron chi connectivity index (χ1n) is 3.83. The molecule has 2 nitrogen and oxygen atoms in total. The first-order chi connectivity index (χ1) is 5.37. The van der Waals surface area contributed by atoms with Crippen LogP contribution in [0.5, 0.6) is 0 Å². The monoisotopic (exact) mass is 282 g/mol. The molecule has 0 aliphatic carbocycles. The Morgan fingerprint density at radius 2 is 2.00 bits per heavy atom. The second kappa shape index (κ2) is 4.84. The molecule has 0 amide bonds. The summed E-state index contributed by atoms with van der Waals surface area (Å²) >= 11 is 2.19. The lowest BCUT2D eigenvalue weighted by Crippen LogP contribution is -2.24. The van der Waals surface area contributed by atoms with Gasteiger partial charge in [0.2, 0.25) is 0 Å². The molecule has 0 rings (SSSR count). The number of hydrogen-bond donors (Lipinski definition) is 0. The maximum Gasteiger partial charge on any atom is 0.333 e. The summed E-state index contributed by atoms with van der Waals surface area (Å²) in [7, 11) is 0. The molecule has 0 aromatic rings. The Hall–Kier alpha value is -0.0600. The lowest BCUT2D eigenvalue weighted by atomic mass is 10.2. The van der Waals surface area contributed by atoms with Crippen LogP contribution >= 0.6 is 22.6 Å². The van der Waals surface area contributed by atoms with Crippen molar-refractivity contribution >= 4 is 28.6 Å². The molecular weight excluding hydrogens is 267 g/mol. The van der Waals surface area contributed by atoms with Crippen molar-refractivity contribution in [3.8, 4) is 0 Å². The van der Waals surface area contributed by atoms with Crippen LogP contribution in [0.3, 0.4) is 0 Å². The Morgan fingerprint density at radius 1 is 1.50 bits per heavy atom. The standard InChI is InChI=1S/C9H15IO2/c1-7(5-6-10)8(11)12-9(2,3)4/h5H,6H2,1-4H3. The number of hydrogen-bond acceptors (Lipinski definition) is 2. The molecule has 0 aromatic heterocycles. The zero-order valence-corrected chi connectivity index (χ0v) is 10.1. The Balaban J connectivity index is 4.15. The van der Waals surface area contributed by atoms with Crippen LogP contribution in [0, 0.1) is 0 Å². The number of alkyl halides is 1. The van der Waals surface area contributed by atoms with Gasteiger partial charge in [-0.2, -0.15) is 0 Å². The SMILES string of the molecule is CC(=CCI)C(=O)OC(C)(C)C. The second-order valence-corrected chi connectivity index (χ2v) is 4.42. The lowest BCUT2D eigenvalue weighted by molar-refractivity contribution is -0.149. The van der Waals surface area contributed by atoms with E-state index >= 15 is 0 Å². The molecule has 0 aromatic carbocycles. The molecule has 0 N–H and O–H groups in total. The Bertz CT molecular complexity index is 189. The number of carbonyl (C=O) groups is 1. The summed E-state index contributed by atoms with van der Waals surface area (Å²) in [6, 6.07) is 0. The molecule has 0 unspecified atom stereocenters. The van der Waals surface area contributed by atoms with Gasteiger partial charge in [-0.25, -0.2) is 4.79 Å². The number of rotatable bonds is 2. The van der Waals surface area contributed by atoms with Crippen LogP contribution in [0.25, 0.3) is 0 Å². The molecule has 0 fully saturated rings. The first-order valence-corrected chi connectivity index (χ1v) is 5.35. The molecule has 0 heterocycles. The van der Waals surface area contributed by atoms with Crippen molar-refractivity contribution in [2.24, 2.45) is 0 Å². The first kappa shape index (κ1) is 11.9. The average Bonchev–Trinajstić information content (AvgIpc) is 1.84. The zero-order valence-electron chi connectivity index (χ0n) is 7.98. The fourth-order valence-electron chi connectivity index (χ4n) is 0.558. The van der Waals surface area contributed by atoms with Crippen LogP contribution in [0.1, 0.15) is 27.7 Å². The van der Waals surface area contributed by atoms with Crippen LogP contribution in [0.2, 0.25) is 0 Å². The van der Waals surface area contributed by atoms with E-state index in [0.29, 0.717) is 5.57 Å². The number of halogens is 1. The summed E-state index contributed by atoms with van der Waals surface area (Å²) < 4.78 is 5.98. The van der Waals surface area contributed by atoms with Crippen LogP contribution in [0.4, 0.5) is 0 Å². The average molecular weight is 282 g/mol. The molecule has 0 spiro atoms. The van der Waals surface area contributed by atoms with E-state index in [2.05, 4.69) is 22.6 Å². The lowest BCUT2D eigenvalue weighted by Gasteiger charge is -2.19. The summed E-state index contributed by atoms with van der Waals surface area (Å²) in [4.78, 5) is 11.3. The summed E-state index contributed by atoms with van der Waals surface area (Å²) in [6.07, 6.45) is 1.86. The minimum Gasteiger partial charge on any atom is -0.457 e. The second-order valence-electron chi connectivity index (χ2n) is 3.54. The molecular formula is C9H15IO2. The molecule has 0 aliphatic heterocycles. The maximum absolute atomic E-state index is 11.3. The summed E-state index contributed by atoms with van der Waals surface area (Å²) in [5, 5.41) is 0. The highest BCUT2D eigenvalue weighted by Crippen LogP contribution is 2.10. The van der Waals surface area contributed by atoms with Crippen molar-refractivity contribution in [3.63, 3.8) is 0 Å². The highest BCUT2D eigenvalue weighted by molar-refractivity contribution is 14.1. The van der Waals surface area contributed by atoms with E-state index in [4.69, 9.17) is 4.74 Å². The molecule has 0 saturated carbocycles. The Kier molecular flexibility index (Phi) is 4.82. The van der Waals surface area contributed by atoms with Crippen molar-refractivity contribution in [2.75, 3.05) is 4.43 Å². The van der Waals surface area contributed by atoms with Crippen LogP contribution in [-0.4, -0.2) is 16.0 Å². The highest BCUT2D eigenvalue weighted by Gasteiger charge is 2.16. The molecule has 12 heavy (non-hydrogen) atoms. The fraction of sp³-hybridized carbons (Fsp3) is 0.667. The van der Waals surface area contributed by atoms with Crippen molar-refractivity contribution in [2.45, 2.75) is 33.3 Å². The van der Waals surface area contributed by atoms with Gasteiger partial charge < -0.3 is 4.74 Å². The van der Waals surface area contributed by atoms with Gasteiger partial charge in [0.1, 0.15) is 5.60 Å². The Labute approximate surface area is 87.5 Å².